The third kappa shape index (κ3) is 8.59. The van der Waals surface area contributed by atoms with Gasteiger partial charge in [-0.25, -0.2) is 0 Å². The molecule has 0 spiro atoms. The average Bonchev–Trinajstić information content (AvgIpc) is 2.12. The molecule has 0 fully saturated rings. The molecule has 2 atom stereocenters. The van der Waals surface area contributed by atoms with Gasteiger partial charge in [0.25, 0.3) is 0 Å². The lowest BCUT2D eigenvalue weighted by Gasteiger charge is -2.15. The second-order valence-electron chi connectivity index (χ2n) is 4.16. The van der Waals surface area contributed by atoms with E-state index in [1.165, 1.54) is 0 Å². The summed E-state index contributed by atoms with van der Waals surface area (Å²) in [4.78, 5) is 21.9. The number of nitrogens with one attached hydrogen (secondary N) is 1. The Balaban J connectivity index is 3.76. The highest BCUT2D eigenvalue weighted by Gasteiger charge is 2.13. The Morgan fingerprint density at radius 3 is 2.44 bits per heavy atom. The number of carbonyl (C=O) groups excluding carboxylic acids is 1. The zero-order valence-corrected chi connectivity index (χ0v) is 11.0. The molecule has 0 aliphatic carbocycles. The van der Waals surface area contributed by atoms with Crippen LogP contribution in [0.2, 0.25) is 0 Å². The molecule has 0 saturated carbocycles. The fourth-order valence-corrected chi connectivity index (χ4v) is 1.98. The van der Waals surface area contributed by atoms with Gasteiger partial charge in [-0.05, 0) is 31.3 Å². The molecule has 94 valence electrons. The van der Waals surface area contributed by atoms with E-state index in [0.717, 1.165) is 12.2 Å². The lowest BCUT2D eigenvalue weighted by Crippen LogP contribution is -2.34. The number of hydrogen-bond donors (Lipinski definition) is 2. The third-order valence-electron chi connectivity index (χ3n) is 2.22. The molecule has 0 saturated heterocycles. The van der Waals surface area contributed by atoms with Gasteiger partial charge in [-0.1, -0.05) is 6.92 Å². The highest BCUT2D eigenvalue weighted by Crippen LogP contribution is 2.08. The lowest BCUT2D eigenvalue weighted by atomic mass is 10.0. The molecule has 4 nitrogen and oxygen atoms in total. The van der Waals surface area contributed by atoms with Crippen molar-refractivity contribution in [2.45, 2.75) is 39.2 Å². The molecule has 0 aromatic heterocycles. The second-order valence-corrected chi connectivity index (χ2v) is 5.14. The minimum Gasteiger partial charge on any atom is -0.481 e. The Kier molecular flexibility index (Phi) is 8.07. The quantitative estimate of drug-likeness (QED) is 0.685. The molecule has 2 unspecified atom stereocenters. The van der Waals surface area contributed by atoms with E-state index in [1.54, 1.807) is 18.7 Å². The standard InChI is InChI=1S/C11H21NO3S/c1-8(7-11(14)15)6-10(13)12-9(2)4-5-16-3/h8-9H,4-7H2,1-3H3,(H,12,13)(H,14,15). The van der Waals surface area contributed by atoms with Crippen LogP contribution in [0.25, 0.3) is 0 Å². The Labute approximate surface area is 101 Å². The summed E-state index contributed by atoms with van der Waals surface area (Å²) in [6.07, 6.45) is 3.31. The average molecular weight is 247 g/mol. The Morgan fingerprint density at radius 1 is 1.31 bits per heavy atom. The van der Waals surface area contributed by atoms with Gasteiger partial charge >= 0.3 is 5.97 Å². The molecule has 16 heavy (non-hydrogen) atoms. The van der Waals surface area contributed by atoms with Crippen molar-refractivity contribution < 1.29 is 14.7 Å². The zero-order chi connectivity index (χ0) is 12.6. The maximum Gasteiger partial charge on any atom is 0.303 e. The van der Waals surface area contributed by atoms with Gasteiger partial charge in [0.2, 0.25) is 5.91 Å². The van der Waals surface area contributed by atoms with Gasteiger partial charge in [-0.3, -0.25) is 9.59 Å². The Hall–Kier alpha value is -0.710. The first-order chi connectivity index (χ1) is 7.45. The fraction of sp³-hybridized carbons (Fsp3) is 0.818. The maximum atomic E-state index is 11.5. The fourth-order valence-electron chi connectivity index (χ4n) is 1.39. The molecule has 0 rings (SSSR count). The predicted molar refractivity (Wildman–Crippen MR) is 66.6 cm³/mol. The van der Waals surface area contributed by atoms with Crippen molar-refractivity contribution in [3.8, 4) is 0 Å². The molecule has 0 aromatic carbocycles. The number of thioether (sulfide) groups is 1. The highest BCUT2D eigenvalue weighted by molar-refractivity contribution is 7.98. The number of hydrogen-bond acceptors (Lipinski definition) is 3. The minimum atomic E-state index is -0.851. The van der Waals surface area contributed by atoms with E-state index >= 15 is 0 Å². The van der Waals surface area contributed by atoms with Crippen LogP contribution < -0.4 is 5.32 Å². The molecule has 0 aliphatic heterocycles. The zero-order valence-electron chi connectivity index (χ0n) is 10.2. The molecule has 5 heteroatoms. The number of aliphatic carboxylic acids is 1. The second kappa shape index (κ2) is 8.44. The molecule has 0 bridgehead atoms. The number of rotatable bonds is 8. The van der Waals surface area contributed by atoms with Gasteiger partial charge in [0.1, 0.15) is 0 Å². The van der Waals surface area contributed by atoms with Crippen molar-refractivity contribution in [1.82, 2.24) is 5.32 Å². The molecule has 1 amide bonds. The first kappa shape index (κ1) is 15.3. The van der Waals surface area contributed by atoms with Crippen LogP contribution in [0.15, 0.2) is 0 Å². The minimum absolute atomic E-state index is 0.0482. The van der Waals surface area contributed by atoms with Gasteiger partial charge in [-0.15, -0.1) is 0 Å². The summed E-state index contributed by atoms with van der Waals surface area (Å²) >= 11 is 1.75. The van der Waals surface area contributed by atoms with Crippen LogP contribution >= 0.6 is 11.8 Å². The predicted octanol–water partition coefficient (Wildman–Crippen LogP) is 1.75. The third-order valence-corrected chi connectivity index (χ3v) is 2.86. The van der Waals surface area contributed by atoms with Crippen LogP contribution in [-0.2, 0) is 9.59 Å². The number of carboxylic acid groups (broad SMARTS) is 1. The summed E-state index contributed by atoms with van der Waals surface area (Å²) in [5.74, 6) is 0.00917. The number of amides is 1. The SMILES string of the molecule is CSCCC(C)NC(=O)CC(C)CC(=O)O. The van der Waals surface area contributed by atoms with Crippen LogP contribution in [0.1, 0.15) is 33.1 Å². The Bertz CT molecular complexity index is 233. The normalized spacial score (nSPS) is 14.2. The summed E-state index contributed by atoms with van der Waals surface area (Å²) < 4.78 is 0. The van der Waals surface area contributed by atoms with Gasteiger partial charge < -0.3 is 10.4 Å². The van der Waals surface area contributed by atoms with E-state index in [2.05, 4.69) is 5.32 Å². The van der Waals surface area contributed by atoms with Crippen molar-refractivity contribution >= 4 is 23.6 Å². The summed E-state index contributed by atoms with van der Waals surface area (Å²) in [5.41, 5.74) is 0. The van der Waals surface area contributed by atoms with E-state index < -0.39 is 5.97 Å². The maximum absolute atomic E-state index is 11.5. The van der Waals surface area contributed by atoms with E-state index in [4.69, 9.17) is 5.11 Å². The number of carbonyl (C=O) groups is 2. The van der Waals surface area contributed by atoms with Gasteiger partial charge in [0.05, 0.1) is 0 Å². The van der Waals surface area contributed by atoms with Crippen molar-refractivity contribution in [3.63, 3.8) is 0 Å². The molecule has 2 N–H and O–H groups in total. The van der Waals surface area contributed by atoms with E-state index in [1.807, 2.05) is 13.2 Å². The molecule has 0 aliphatic rings. The highest BCUT2D eigenvalue weighted by atomic mass is 32.2. The van der Waals surface area contributed by atoms with Crippen LogP contribution in [0.3, 0.4) is 0 Å². The lowest BCUT2D eigenvalue weighted by molar-refractivity contribution is -0.138. The summed E-state index contributed by atoms with van der Waals surface area (Å²) in [5, 5.41) is 11.4. The summed E-state index contributed by atoms with van der Waals surface area (Å²) in [6.45, 7) is 3.75. The van der Waals surface area contributed by atoms with Crippen molar-refractivity contribution in [1.29, 1.82) is 0 Å². The van der Waals surface area contributed by atoms with Crippen molar-refractivity contribution in [2.24, 2.45) is 5.92 Å². The molecule has 0 heterocycles. The van der Waals surface area contributed by atoms with Crippen LogP contribution in [0, 0.1) is 5.92 Å². The summed E-state index contributed by atoms with van der Waals surface area (Å²) in [7, 11) is 0. The first-order valence-electron chi connectivity index (χ1n) is 5.45. The first-order valence-corrected chi connectivity index (χ1v) is 6.85. The van der Waals surface area contributed by atoms with E-state index in [-0.39, 0.29) is 30.7 Å². The van der Waals surface area contributed by atoms with Gasteiger partial charge in [0.15, 0.2) is 0 Å². The van der Waals surface area contributed by atoms with Crippen LogP contribution in [-0.4, -0.2) is 35.0 Å². The number of carboxylic acids is 1. The van der Waals surface area contributed by atoms with E-state index in [9.17, 15) is 9.59 Å². The van der Waals surface area contributed by atoms with Gasteiger partial charge in [-0.2, -0.15) is 11.8 Å². The smallest absolute Gasteiger partial charge is 0.303 e. The molecular weight excluding hydrogens is 226 g/mol. The van der Waals surface area contributed by atoms with Gasteiger partial charge in [0, 0.05) is 18.9 Å². The Morgan fingerprint density at radius 2 is 1.94 bits per heavy atom. The van der Waals surface area contributed by atoms with Crippen molar-refractivity contribution in [2.75, 3.05) is 12.0 Å². The molecule has 0 radical (unpaired) electrons. The van der Waals surface area contributed by atoms with E-state index in [0.29, 0.717) is 0 Å². The van der Waals surface area contributed by atoms with Crippen LogP contribution in [0.4, 0.5) is 0 Å². The molecule has 0 aromatic rings. The van der Waals surface area contributed by atoms with Crippen molar-refractivity contribution in [3.05, 3.63) is 0 Å². The monoisotopic (exact) mass is 247 g/mol. The largest absolute Gasteiger partial charge is 0.481 e. The molecular formula is C11H21NO3S. The van der Waals surface area contributed by atoms with Crippen LogP contribution in [0.5, 0.6) is 0 Å². The topological polar surface area (TPSA) is 66.4 Å². The summed E-state index contributed by atoms with van der Waals surface area (Å²) in [6, 6.07) is 0.164.